The van der Waals surface area contributed by atoms with Crippen molar-refractivity contribution in [2.24, 2.45) is 0 Å². The fourth-order valence-corrected chi connectivity index (χ4v) is 2.37. The van der Waals surface area contributed by atoms with Crippen molar-refractivity contribution >= 4 is 0 Å². The second-order valence-corrected chi connectivity index (χ2v) is 4.47. The molecule has 0 aliphatic heterocycles. The van der Waals surface area contributed by atoms with Gasteiger partial charge in [-0.25, -0.2) is 0 Å². The van der Waals surface area contributed by atoms with Gasteiger partial charge in [0.15, 0.2) is 0 Å². The van der Waals surface area contributed by atoms with E-state index in [0.717, 1.165) is 6.54 Å². The molecule has 3 nitrogen and oxygen atoms in total. The van der Waals surface area contributed by atoms with E-state index >= 15 is 0 Å². The second kappa shape index (κ2) is 4.79. The molecule has 1 aromatic rings. The summed E-state index contributed by atoms with van der Waals surface area (Å²) in [7, 11) is 0. The van der Waals surface area contributed by atoms with Crippen LogP contribution in [0.15, 0.2) is 12.4 Å². The number of hydrogen-bond donors (Lipinski definition) is 1. The molecule has 1 N–H and O–H groups in total. The summed E-state index contributed by atoms with van der Waals surface area (Å²) in [6.45, 7) is 5.34. The highest BCUT2D eigenvalue weighted by atomic mass is 15.3. The van der Waals surface area contributed by atoms with Gasteiger partial charge in [0.05, 0.1) is 12.2 Å². The van der Waals surface area contributed by atoms with Gasteiger partial charge >= 0.3 is 0 Å². The first-order valence-corrected chi connectivity index (χ1v) is 6.08. The van der Waals surface area contributed by atoms with Gasteiger partial charge in [-0.05, 0) is 26.3 Å². The van der Waals surface area contributed by atoms with E-state index in [4.69, 9.17) is 0 Å². The van der Waals surface area contributed by atoms with E-state index in [1.807, 2.05) is 6.20 Å². The average molecular weight is 207 g/mol. The van der Waals surface area contributed by atoms with Crippen LogP contribution in [0.3, 0.4) is 0 Å². The molecule has 1 unspecified atom stereocenters. The second-order valence-electron chi connectivity index (χ2n) is 4.47. The quantitative estimate of drug-likeness (QED) is 0.822. The van der Waals surface area contributed by atoms with Gasteiger partial charge in [-0.3, -0.25) is 4.68 Å². The van der Waals surface area contributed by atoms with Crippen LogP contribution in [0.25, 0.3) is 0 Å². The predicted octanol–water partition coefficient (Wildman–Crippen LogP) is 2.67. The predicted molar refractivity (Wildman–Crippen MR) is 61.8 cm³/mol. The summed E-state index contributed by atoms with van der Waals surface area (Å²) in [5, 5.41) is 7.89. The van der Waals surface area contributed by atoms with E-state index in [9.17, 15) is 0 Å². The first kappa shape index (κ1) is 10.7. The van der Waals surface area contributed by atoms with E-state index in [1.165, 1.54) is 31.2 Å². The third-order valence-corrected chi connectivity index (χ3v) is 3.33. The Balaban J connectivity index is 2.02. The lowest BCUT2D eigenvalue weighted by Crippen LogP contribution is -2.17. The van der Waals surface area contributed by atoms with Gasteiger partial charge in [0.1, 0.15) is 0 Å². The molecule has 0 aromatic carbocycles. The van der Waals surface area contributed by atoms with Crippen molar-refractivity contribution in [1.29, 1.82) is 0 Å². The summed E-state index contributed by atoms with van der Waals surface area (Å²) in [6, 6.07) is 1.08. The maximum absolute atomic E-state index is 4.48. The first-order valence-electron chi connectivity index (χ1n) is 6.08. The van der Waals surface area contributed by atoms with Gasteiger partial charge in [0.25, 0.3) is 0 Å². The number of aromatic nitrogens is 2. The van der Waals surface area contributed by atoms with Gasteiger partial charge in [0.2, 0.25) is 0 Å². The summed E-state index contributed by atoms with van der Waals surface area (Å²) in [5.74, 6) is 0. The Morgan fingerprint density at radius 2 is 2.27 bits per heavy atom. The Morgan fingerprint density at radius 1 is 1.53 bits per heavy atom. The summed E-state index contributed by atoms with van der Waals surface area (Å²) in [5.41, 5.74) is 1.31. The number of rotatable bonds is 4. The van der Waals surface area contributed by atoms with Crippen LogP contribution in [0, 0.1) is 0 Å². The maximum Gasteiger partial charge on any atom is 0.0537 e. The summed E-state index contributed by atoms with van der Waals surface area (Å²) in [4.78, 5) is 0. The summed E-state index contributed by atoms with van der Waals surface area (Å²) >= 11 is 0. The lowest BCUT2D eigenvalue weighted by Gasteiger charge is -2.11. The van der Waals surface area contributed by atoms with Crippen molar-refractivity contribution in [2.45, 2.75) is 51.6 Å². The molecule has 15 heavy (non-hydrogen) atoms. The molecule has 1 aliphatic carbocycles. The number of nitrogens with one attached hydrogen (secondary N) is 1. The van der Waals surface area contributed by atoms with E-state index in [0.29, 0.717) is 12.1 Å². The molecule has 3 heteroatoms. The van der Waals surface area contributed by atoms with Crippen LogP contribution in [-0.4, -0.2) is 16.3 Å². The van der Waals surface area contributed by atoms with Gasteiger partial charge < -0.3 is 5.32 Å². The zero-order valence-corrected chi connectivity index (χ0v) is 9.74. The normalized spacial score (nSPS) is 19.6. The molecular weight excluding hydrogens is 186 g/mol. The molecule has 1 aliphatic rings. The fourth-order valence-electron chi connectivity index (χ4n) is 2.37. The molecular formula is C12H21N3. The van der Waals surface area contributed by atoms with Gasteiger partial charge in [-0.15, -0.1) is 0 Å². The molecule has 1 saturated carbocycles. The molecule has 0 radical (unpaired) electrons. The summed E-state index contributed by atoms with van der Waals surface area (Å²) < 4.78 is 2.16. The van der Waals surface area contributed by atoms with Crippen LogP contribution in [0.5, 0.6) is 0 Å². The monoisotopic (exact) mass is 207 g/mol. The molecule has 1 aromatic heterocycles. The Hall–Kier alpha value is -0.830. The van der Waals surface area contributed by atoms with E-state index in [-0.39, 0.29) is 0 Å². The van der Waals surface area contributed by atoms with E-state index < -0.39 is 0 Å². The van der Waals surface area contributed by atoms with Crippen LogP contribution >= 0.6 is 0 Å². The molecule has 1 atom stereocenters. The van der Waals surface area contributed by atoms with Crippen molar-refractivity contribution < 1.29 is 0 Å². The number of hydrogen-bond acceptors (Lipinski definition) is 2. The molecule has 0 saturated heterocycles. The molecule has 2 rings (SSSR count). The topological polar surface area (TPSA) is 29.9 Å². The zero-order chi connectivity index (χ0) is 10.7. The number of nitrogens with zero attached hydrogens (tertiary/aromatic N) is 2. The van der Waals surface area contributed by atoms with Crippen LogP contribution in [-0.2, 0) is 0 Å². The molecule has 0 spiro atoms. The highest BCUT2D eigenvalue weighted by molar-refractivity contribution is 5.09. The summed E-state index contributed by atoms with van der Waals surface area (Å²) in [6.07, 6.45) is 9.55. The smallest absolute Gasteiger partial charge is 0.0537 e. The Labute approximate surface area is 91.9 Å². The van der Waals surface area contributed by atoms with Crippen molar-refractivity contribution in [2.75, 3.05) is 6.54 Å². The van der Waals surface area contributed by atoms with E-state index in [1.54, 1.807) is 0 Å². The van der Waals surface area contributed by atoms with Crippen LogP contribution in [0.4, 0.5) is 0 Å². The third-order valence-electron chi connectivity index (χ3n) is 3.33. The van der Waals surface area contributed by atoms with Crippen molar-refractivity contribution in [1.82, 2.24) is 15.1 Å². The van der Waals surface area contributed by atoms with Crippen molar-refractivity contribution in [3.05, 3.63) is 18.0 Å². The minimum absolute atomic E-state index is 0.421. The lowest BCUT2D eigenvalue weighted by molar-refractivity contribution is 0.465. The van der Waals surface area contributed by atoms with Crippen LogP contribution in [0.1, 0.15) is 57.2 Å². The minimum atomic E-state index is 0.421. The highest BCUT2D eigenvalue weighted by Gasteiger charge is 2.18. The molecule has 1 fully saturated rings. The molecule has 84 valence electrons. The van der Waals surface area contributed by atoms with Gasteiger partial charge in [0, 0.05) is 17.8 Å². The molecule has 1 heterocycles. The Morgan fingerprint density at radius 3 is 2.93 bits per heavy atom. The minimum Gasteiger partial charge on any atom is -0.310 e. The van der Waals surface area contributed by atoms with Gasteiger partial charge in [-0.1, -0.05) is 19.8 Å². The van der Waals surface area contributed by atoms with Crippen LogP contribution in [0.2, 0.25) is 0 Å². The van der Waals surface area contributed by atoms with Gasteiger partial charge in [-0.2, -0.15) is 5.10 Å². The average Bonchev–Trinajstić information content (AvgIpc) is 2.89. The Bertz CT molecular complexity index is 300. The van der Waals surface area contributed by atoms with Crippen molar-refractivity contribution in [3.8, 4) is 0 Å². The standard InChI is InChI=1S/C12H21N3/c1-3-13-10(2)11-8-14-15(9-11)12-6-4-5-7-12/h8-10,12-13H,3-7H2,1-2H3. The zero-order valence-electron chi connectivity index (χ0n) is 9.74. The largest absolute Gasteiger partial charge is 0.310 e. The van der Waals surface area contributed by atoms with Crippen LogP contribution < -0.4 is 5.32 Å². The van der Waals surface area contributed by atoms with Crippen molar-refractivity contribution in [3.63, 3.8) is 0 Å². The molecule has 0 bridgehead atoms. The highest BCUT2D eigenvalue weighted by Crippen LogP contribution is 2.29. The fraction of sp³-hybridized carbons (Fsp3) is 0.750. The Kier molecular flexibility index (Phi) is 3.41. The maximum atomic E-state index is 4.48. The van der Waals surface area contributed by atoms with E-state index in [2.05, 4.69) is 35.1 Å². The molecule has 0 amide bonds. The SMILES string of the molecule is CCNC(C)c1cnn(C2CCCC2)c1. The third kappa shape index (κ3) is 2.40. The first-order chi connectivity index (χ1) is 7.31. The lowest BCUT2D eigenvalue weighted by atomic mass is 10.2.